The Balaban J connectivity index is 3.95. The predicted octanol–water partition coefficient (Wildman–Crippen LogP) is 1.63. The van der Waals surface area contributed by atoms with Crippen LogP contribution in [-0.2, 0) is 14.2 Å². The first-order valence-electron chi connectivity index (χ1n) is 6.74. The van der Waals surface area contributed by atoms with Gasteiger partial charge in [-0.25, -0.2) is 4.79 Å². The molecule has 0 spiro atoms. The second-order valence-electron chi connectivity index (χ2n) is 5.22. The van der Waals surface area contributed by atoms with Crippen molar-refractivity contribution in [1.82, 2.24) is 5.32 Å². The van der Waals surface area contributed by atoms with E-state index in [0.29, 0.717) is 26.2 Å². The molecule has 0 aromatic heterocycles. The fourth-order valence-corrected chi connectivity index (χ4v) is 1.42. The molecule has 0 aliphatic heterocycles. The van der Waals surface area contributed by atoms with Crippen LogP contribution in [0.5, 0.6) is 0 Å². The lowest BCUT2D eigenvalue weighted by molar-refractivity contribution is -0.141. The Morgan fingerprint density at radius 3 is 2.16 bits per heavy atom. The minimum Gasteiger partial charge on any atom is -0.444 e. The Hall–Kier alpha value is -0.850. The molecule has 0 aliphatic carbocycles. The van der Waals surface area contributed by atoms with Gasteiger partial charge in [-0.2, -0.15) is 0 Å². The van der Waals surface area contributed by atoms with Gasteiger partial charge >= 0.3 is 6.09 Å². The zero-order chi connectivity index (χ0) is 14.9. The molecule has 0 fully saturated rings. The molecular formula is C13H28N2O4. The number of amides is 1. The summed E-state index contributed by atoms with van der Waals surface area (Å²) >= 11 is 0. The van der Waals surface area contributed by atoms with Gasteiger partial charge in [-0.1, -0.05) is 0 Å². The zero-order valence-corrected chi connectivity index (χ0v) is 12.7. The van der Waals surface area contributed by atoms with Crippen LogP contribution in [0.1, 0.15) is 41.0 Å². The number of rotatable bonds is 8. The minimum absolute atomic E-state index is 0.240. The molecule has 0 aromatic rings. The Morgan fingerprint density at radius 2 is 1.74 bits per heavy atom. The van der Waals surface area contributed by atoms with E-state index in [1.807, 2.05) is 34.6 Å². The van der Waals surface area contributed by atoms with Crippen molar-refractivity contribution in [3.8, 4) is 0 Å². The molecular weight excluding hydrogens is 248 g/mol. The molecule has 3 N–H and O–H groups in total. The SMILES string of the molecule is CCOC(CC(N)CNC(=O)OC(C)(C)C)OCC. The summed E-state index contributed by atoms with van der Waals surface area (Å²) in [6.07, 6.45) is -0.268. The maximum Gasteiger partial charge on any atom is 0.407 e. The van der Waals surface area contributed by atoms with Gasteiger partial charge in [0.25, 0.3) is 0 Å². The maximum atomic E-state index is 11.4. The third-order valence-corrected chi connectivity index (χ3v) is 2.11. The van der Waals surface area contributed by atoms with Crippen molar-refractivity contribution in [2.75, 3.05) is 19.8 Å². The quantitative estimate of drug-likeness (QED) is 0.658. The van der Waals surface area contributed by atoms with Gasteiger partial charge in [0.1, 0.15) is 5.60 Å². The first-order chi connectivity index (χ1) is 8.78. The molecule has 6 heteroatoms. The summed E-state index contributed by atoms with van der Waals surface area (Å²) in [6, 6.07) is -0.240. The molecule has 0 saturated carbocycles. The van der Waals surface area contributed by atoms with Gasteiger partial charge < -0.3 is 25.3 Å². The summed E-state index contributed by atoms with van der Waals surface area (Å²) in [5.74, 6) is 0. The van der Waals surface area contributed by atoms with E-state index in [1.54, 1.807) is 0 Å². The predicted molar refractivity (Wildman–Crippen MR) is 73.9 cm³/mol. The smallest absolute Gasteiger partial charge is 0.407 e. The normalized spacial score (nSPS) is 13.4. The molecule has 0 heterocycles. The molecule has 0 saturated heterocycles. The van der Waals surface area contributed by atoms with E-state index >= 15 is 0 Å². The van der Waals surface area contributed by atoms with Gasteiger partial charge in [-0.3, -0.25) is 0 Å². The largest absolute Gasteiger partial charge is 0.444 e. The van der Waals surface area contributed by atoms with Crippen LogP contribution in [0.4, 0.5) is 4.79 Å². The summed E-state index contributed by atoms with van der Waals surface area (Å²) in [5.41, 5.74) is 5.41. The molecule has 0 rings (SSSR count). The highest BCUT2D eigenvalue weighted by Gasteiger charge is 2.18. The highest BCUT2D eigenvalue weighted by atomic mass is 16.7. The van der Waals surface area contributed by atoms with Crippen molar-refractivity contribution in [1.29, 1.82) is 0 Å². The summed E-state index contributed by atoms with van der Waals surface area (Å²) in [5, 5.41) is 2.63. The standard InChI is InChI=1S/C13H28N2O4/c1-6-17-11(18-7-2)8-10(14)9-15-12(16)19-13(3,4)5/h10-11H,6-9,14H2,1-5H3,(H,15,16). The second-order valence-corrected chi connectivity index (χ2v) is 5.22. The van der Waals surface area contributed by atoms with Crippen LogP contribution in [0.2, 0.25) is 0 Å². The van der Waals surface area contributed by atoms with E-state index in [4.69, 9.17) is 19.9 Å². The lowest BCUT2D eigenvalue weighted by Crippen LogP contribution is -2.42. The molecule has 0 aromatic carbocycles. The van der Waals surface area contributed by atoms with Crippen molar-refractivity contribution >= 4 is 6.09 Å². The molecule has 1 unspecified atom stereocenters. The number of carbonyl (C=O) groups excluding carboxylic acids is 1. The fraction of sp³-hybridized carbons (Fsp3) is 0.923. The lowest BCUT2D eigenvalue weighted by Gasteiger charge is -2.23. The van der Waals surface area contributed by atoms with Crippen LogP contribution in [0.3, 0.4) is 0 Å². The number of hydrogen-bond donors (Lipinski definition) is 2. The molecule has 1 atom stereocenters. The topological polar surface area (TPSA) is 82.8 Å². The van der Waals surface area contributed by atoms with E-state index in [0.717, 1.165) is 0 Å². The number of nitrogens with one attached hydrogen (secondary N) is 1. The Bertz CT molecular complexity index is 248. The number of ether oxygens (including phenoxy) is 3. The summed E-state index contributed by atoms with van der Waals surface area (Å²) in [6.45, 7) is 10.7. The van der Waals surface area contributed by atoms with Crippen molar-refractivity contribution in [3.05, 3.63) is 0 Å². The van der Waals surface area contributed by atoms with Crippen LogP contribution >= 0.6 is 0 Å². The fourth-order valence-electron chi connectivity index (χ4n) is 1.42. The van der Waals surface area contributed by atoms with Crippen molar-refractivity contribution < 1.29 is 19.0 Å². The Kier molecular flexibility index (Phi) is 8.71. The van der Waals surface area contributed by atoms with Gasteiger partial charge in [0, 0.05) is 32.2 Å². The summed E-state index contributed by atoms with van der Waals surface area (Å²) < 4.78 is 15.9. The number of alkyl carbamates (subject to hydrolysis) is 1. The molecule has 1 amide bonds. The average Bonchev–Trinajstić information content (AvgIpc) is 2.25. The van der Waals surface area contributed by atoms with E-state index < -0.39 is 11.7 Å². The van der Waals surface area contributed by atoms with Crippen molar-refractivity contribution in [2.45, 2.75) is 59.0 Å². The van der Waals surface area contributed by atoms with Gasteiger partial charge in [-0.05, 0) is 34.6 Å². The Labute approximate surface area is 116 Å². The van der Waals surface area contributed by atoms with Crippen LogP contribution in [0.15, 0.2) is 0 Å². The summed E-state index contributed by atoms with van der Waals surface area (Å²) in [4.78, 5) is 11.4. The third kappa shape index (κ3) is 10.7. The van der Waals surface area contributed by atoms with Crippen molar-refractivity contribution in [2.24, 2.45) is 5.73 Å². The van der Waals surface area contributed by atoms with Gasteiger partial charge in [0.2, 0.25) is 0 Å². The van der Waals surface area contributed by atoms with Crippen LogP contribution in [0.25, 0.3) is 0 Å². The monoisotopic (exact) mass is 276 g/mol. The van der Waals surface area contributed by atoms with E-state index in [2.05, 4.69) is 5.32 Å². The molecule has 6 nitrogen and oxygen atoms in total. The highest BCUT2D eigenvalue weighted by Crippen LogP contribution is 2.07. The van der Waals surface area contributed by atoms with Crippen molar-refractivity contribution in [3.63, 3.8) is 0 Å². The van der Waals surface area contributed by atoms with Gasteiger partial charge in [0.05, 0.1) is 0 Å². The van der Waals surface area contributed by atoms with Gasteiger partial charge in [0.15, 0.2) is 6.29 Å². The number of nitrogens with two attached hydrogens (primary N) is 1. The van der Waals surface area contributed by atoms with Crippen LogP contribution < -0.4 is 11.1 Å². The van der Waals surface area contributed by atoms with Crippen LogP contribution in [0, 0.1) is 0 Å². The maximum absolute atomic E-state index is 11.4. The lowest BCUT2D eigenvalue weighted by atomic mass is 10.2. The van der Waals surface area contributed by atoms with Crippen LogP contribution in [-0.4, -0.2) is 43.8 Å². The third-order valence-electron chi connectivity index (χ3n) is 2.11. The second kappa shape index (κ2) is 9.12. The molecule has 0 bridgehead atoms. The minimum atomic E-state index is -0.507. The molecule has 114 valence electrons. The number of carbonyl (C=O) groups is 1. The molecule has 19 heavy (non-hydrogen) atoms. The zero-order valence-electron chi connectivity index (χ0n) is 12.7. The molecule has 0 aliphatic rings. The summed E-state index contributed by atoms with van der Waals surface area (Å²) in [7, 11) is 0. The first kappa shape index (κ1) is 18.1. The Morgan fingerprint density at radius 1 is 1.21 bits per heavy atom. The van der Waals surface area contributed by atoms with Gasteiger partial charge in [-0.15, -0.1) is 0 Å². The average molecular weight is 276 g/mol. The first-order valence-corrected chi connectivity index (χ1v) is 6.74. The van der Waals surface area contributed by atoms with E-state index in [-0.39, 0.29) is 12.3 Å². The number of hydrogen-bond acceptors (Lipinski definition) is 5. The highest BCUT2D eigenvalue weighted by molar-refractivity contribution is 5.67. The van der Waals surface area contributed by atoms with E-state index in [9.17, 15) is 4.79 Å². The van der Waals surface area contributed by atoms with E-state index in [1.165, 1.54) is 0 Å². The molecule has 0 radical (unpaired) electrons.